The Kier molecular flexibility index (Phi) is 2.23. The van der Waals surface area contributed by atoms with Crippen LogP contribution < -0.4 is 5.46 Å². The Hall–Kier alpha value is -0.805. The van der Waals surface area contributed by atoms with Crippen LogP contribution in [0.25, 0.3) is 0 Å². The zero-order valence-corrected chi connectivity index (χ0v) is 10.8. The third-order valence-corrected chi connectivity index (χ3v) is 4.08. The highest BCUT2D eigenvalue weighted by atomic mass is 16.7. The van der Waals surface area contributed by atoms with Gasteiger partial charge in [-0.2, -0.15) is 0 Å². The molecular formula is C12H18BNO3. The van der Waals surface area contributed by atoms with Gasteiger partial charge < -0.3 is 13.8 Å². The highest BCUT2D eigenvalue weighted by molar-refractivity contribution is 6.62. The van der Waals surface area contributed by atoms with Crippen LogP contribution in [0.1, 0.15) is 52.2 Å². The molecule has 0 amide bonds. The van der Waals surface area contributed by atoms with Gasteiger partial charge in [-0.25, -0.2) is 0 Å². The second kappa shape index (κ2) is 3.36. The maximum absolute atomic E-state index is 6.00. The van der Waals surface area contributed by atoms with E-state index < -0.39 is 0 Å². The van der Waals surface area contributed by atoms with Gasteiger partial charge in [0.1, 0.15) is 5.76 Å². The normalized spacial score (nSPS) is 26.5. The first-order valence-electron chi connectivity index (χ1n) is 6.21. The molecule has 0 bridgehead atoms. The summed E-state index contributed by atoms with van der Waals surface area (Å²) in [6.07, 6.45) is 4.10. The van der Waals surface area contributed by atoms with Crippen molar-refractivity contribution in [1.29, 1.82) is 0 Å². The number of nitrogens with zero attached hydrogens (tertiary/aromatic N) is 1. The first kappa shape index (κ1) is 11.3. The lowest BCUT2D eigenvalue weighted by atomic mass is 9.79. The van der Waals surface area contributed by atoms with Gasteiger partial charge in [-0.15, -0.1) is 0 Å². The number of aromatic nitrogens is 1. The molecular weight excluding hydrogens is 217 g/mol. The van der Waals surface area contributed by atoms with E-state index in [1.54, 1.807) is 6.20 Å². The van der Waals surface area contributed by atoms with Gasteiger partial charge in [-0.3, -0.25) is 0 Å². The predicted molar refractivity (Wildman–Crippen MR) is 64.2 cm³/mol. The lowest BCUT2D eigenvalue weighted by Gasteiger charge is -2.32. The van der Waals surface area contributed by atoms with Crippen LogP contribution >= 0.6 is 0 Å². The van der Waals surface area contributed by atoms with Gasteiger partial charge >= 0.3 is 7.12 Å². The Morgan fingerprint density at radius 1 is 1.18 bits per heavy atom. The molecule has 5 heteroatoms. The van der Waals surface area contributed by atoms with Crippen LogP contribution in [-0.4, -0.2) is 23.5 Å². The van der Waals surface area contributed by atoms with Crippen molar-refractivity contribution in [2.75, 3.05) is 0 Å². The van der Waals surface area contributed by atoms with Gasteiger partial charge in [0.25, 0.3) is 0 Å². The van der Waals surface area contributed by atoms with Crippen molar-refractivity contribution in [2.24, 2.45) is 0 Å². The Morgan fingerprint density at radius 2 is 1.76 bits per heavy atom. The monoisotopic (exact) mass is 235 g/mol. The first-order chi connectivity index (χ1) is 7.91. The van der Waals surface area contributed by atoms with Gasteiger partial charge in [0.05, 0.1) is 17.4 Å². The maximum Gasteiger partial charge on any atom is 0.500 e. The summed E-state index contributed by atoms with van der Waals surface area (Å²) in [4.78, 5) is 0. The molecule has 0 unspecified atom stereocenters. The molecule has 1 aromatic heterocycles. The molecule has 17 heavy (non-hydrogen) atoms. The molecule has 2 fully saturated rings. The summed E-state index contributed by atoms with van der Waals surface area (Å²) in [6.45, 7) is 8.21. The summed E-state index contributed by atoms with van der Waals surface area (Å²) in [7, 11) is -0.346. The zero-order chi connectivity index (χ0) is 12.3. The Bertz CT molecular complexity index is 421. The molecule has 2 aliphatic rings. The van der Waals surface area contributed by atoms with Crippen LogP contribution in [0.2, 0.25) is 0 Å². The van der Waals surface area contributed by atoms with Crippen LogP contribution in [0.5, 0.6) is 0 Å². The maximum atomic E-state index is 6.00. The smallest absolute Gasteiger partial charge is 0.399 e. The fraction of sp³-hybridized carbons (Fsp3) is 0.750. The molecule has 0 atom stereocenters. The molecule has 1 saturated heterocycles. The highest BCUT2D eigenvalue weighted by Gasteiger charge is 2.53. The predicted octanol–water partition coefficient (Wildman–Crippen LogP) is 1.85. The lowest BCUT2D eigenvalue weighted by molar-refractivity contribution is 0.00578. The average Bonchev–Trinajstić information content (AvgIpc) is 2.88. The minimum Gasteiger partial charge on any atom is -0.399 e. The molecule has 4 nitrogen and oxygen atoms in total. The van der Waals surface area contributed by atoms with E-state index in [9.17, 15) is 0 Å². The van der Waals surface area contributed by atoms with Gasteiger partial charge in [0.2, 0.25) is 0 Å². The summed E-state index contributed by atoms with van der Waals surface area (Å²) >= 11 is 0. The summed E-state index contributed by atoms with van der Waals surface area (Å²) in [6, 6.07) is 0. The quantitative estimate of drug-likeness (QED) is 0.734. The minimum atomic E-state index is -0.346. The van der Waals surface area contributed by atoms with Crippen molar-refractivity contribution < 1.29 is 13.8 Å². The van der Waals surface area contributed by atoms with Crippen LogP contribution in [0.4, 0.5) is 0 Å². The van der Waals surface area contributed by atoms with Gasteiger partial charge in [-0.05, 0) is 40.5 Å². The molecule has 2 heterocycles. The molecule has 3 rings (SSSR count). The topological polar surface area (TPSA) is 44.5 Å². The molecule has 1 saturated carbocycles. The SMILES string of the molecule is CC1(C)OB(c2cnoc2C2CC2)OC1(C)C. The summed E-state index contributed by atoms with van der Waals surface area (Å²) in [5, 5.41) is 3.89. The second-order valence-corrected chi connectivity index (χ2v) is 6.01. The zero-order valence-electron chi connectivity index (χ0n) is 10.8. The van der Waals surface area contributed by atoms with Crippen LogP contribution in [0.3, 0.4) is 0 Å². The van der Waals surface area contributed by atoms with E-state index >= 15 is 0 Å². The molecule has 0 N–H and O–H groups in total. The third kappa shape index (κ3) is 1.72. The standard InChI is InChI=1S/C12H18BNO3/c1-11(2)12(3,4)17-13(16-11)9-7-14-15-10(9)8-5-6-8/h7-8H,5-6H2,1-4H3. The van der Waals surface area contributed by atoms with E-state index in [1.807, 2.05) is 0 Å². The Morgan fingerprint density at radius 3 is 2.29 bits per heavy atom. The van der Waals surface area contributed by atoms with E-state index in [4.69, 9.17) is 13.8 Å². The Labute approximate surface area is 102 Å². The largest absolute Gasteiger partial charge is 0.500 e. The minimum absolute atomic E-state index is 0.310. The second-order valence-electron chi connectivity index (χ2n) is 6.01. The van der Waals surface area contributed by atoms with Crippen LogP contribution in [0, 0.1) is 0 Å². The molecule has 1 aromatic rings. The Balaban J connectivity index is 1.89. The van der Waals surface area contributed by atoms with Crippen molar-refractivity contribution in [1.82, 2.24) is 5.16 Å². The molecule has 0 radical (unpaired) electrons. The van der Waals surface area contributed by atoms with Gasteiger partial charge in [0.15, 0.2) is 0 Å². The lowest BCUT2D eigenvalue weighted by Crippen LogP contribution is -2.41. The van der Waals surface area contributed by atoms with Gasteiger partial charge in [-0.1, -0.05) is 5.16 Å². The summed E-state index contributed by atoms with van der Waals surface area (Å²) in [5.41, 5.74) is 0.344. The fourth-order valence-corrected chi connectivity index (χ4v) is 2.06. The average molecular weight is 235 g/mol. The van der Waals surface area contributed by atoms with Crippen LogP contribution in [0.15, 0.2) is 10.7 Å². The third-order valence-electron chi connectivity index (χ3n) is 4.08. The highest BCUT2D eigenvalue weighted by Crippen LogP contribution is 2.41. The van der Waals surface area contributed by atoms with Crippen molar-refractivity contribution in [3.05, 3.63) is 12.0 Å². The molecule has 1 aliphatic carbocycles. The van der Waals surface area contributed by atoms with E-state index in [0.717, 1.165) is 11.2 Å². The summed E-state index contributed by atoms with van der Waals surface area (Å²) in [5.74, 6) is 1.47. The van der Waals surface area contributed by atoms with E-state index in [0.29, 0.717) is 5.92 Å². The van der Waals surface area contributed by atoms with E-state index in [2.05, 4.69) is 32.9 Å². The van der Waals surface area contributed by atoms with E-state index in [1.165, 1.54) is 12.8 Å². The molecule has 0 spiro atoms. The fourth-order valence-electron chi connectivity index (χ4n) is 2.06. The number of hydrogen-bond acceptors (Lipinski definition) is 4. The van der Waals surface area contributed by atoms with E-state index in [-0.39, 0.29) is 18.3 Å². The first-order valence-corrected chi connectivity index (χ1v) is 6.21. The van der Waals surface area contributed by atoms with Crippen molar-refractivity contribution in [3.63, 3.8) is 0 Å². The van der Waals surface area contributed by atoms with Gasteiger partial charge in [0, 0.05) is 11.4 Å². The number of rotatable bonds is 2. The number of hydrogen-bond donors (Lipinski definition) is 0. The molecule has 92 valence electrons. The van der Waals surface area contributed by atoms with Crippen molar-refractivity contribution >= 4 is 12.6 Å². The van der Waals surface area contributed by atoms with Crippen molar-refractivity contribution in [2.45, 2.75) is 57.7 Å². The molecule has 0 aromatic carbocycles. The van der Waals surface area contributed by atoms with Crippen LogP contribution in [-0.2, 0) is 9.31 Å². The summed E-state index contributed by atoms with van der Waals surface area (Å²) < 4.78 is 17.3. The van der Waals surface area contributed by atoms with Crippen molar-refractivity contribution in [3.8, 4) is 0 Å². The molecule has 1 aliphatic heterocycles.